The van der Waals surface area contributed by atoms with Crippen molar-refractivity contribution in [1.82, 2.24) is 5.43 Å². The van der Waals surface area contributed by atoms with Crippen LogP contribution in [0.25, 0.3) is 6.08 Å². The zero-order valence-electron chi connectivity index (χ0n) is 17.1. The zero-order chi connectivity index (χ0) is 22.5. The van der Waals surface area contributed by atoms with Crippen molar-refractivity contribution < 1.29 is 33.4 Å². The van der Waals surface area contributed by atoms with Crippen molar-refractivity contribution in [3.05, 3.63) is 59.2 Å². The Morgan fingerprint density at radius 2 is 1.77 bits per heavy atom. The molecule has 0 saturated carbocycles. The number of carbonyl (C=O) groups excluding carboxylic acids is 4. The average molecular weight is 424 g/mol. The monoisotopic (exact) mass is 424 g/mol. The van der Waals surface area contributed by atoms with Gasteiger partial charge in [0.1, 0.15) is 5.57 Å². The van der Waals surface area contributed by atoms with Crippen LogP contribution in [-0.2, 0) is 19.1 Å². The molecule has 9 nitrogen and oxygen atoms in total. The molecule has 0 bridgehead atoms. The number of carbonyl (C=O) groups is 4. The number of benzene rings is 2. The molecule has 0 atom stereocenters. The number of hydrazine groups is 1. The van der Waals surface area contributed by atoms with E-state index in [4.69, 9.17) is 14.2 Å². The van der Waals surface area contributed by atoms with Gasteiger partial charge >= 0.3 is 11.9 Å². The molecule has 0 unspecified atom stereocenters. The third-order valence-electron chi connectivity index (χ3n) is 4.28. The van der Waals surface area contributed by atoms with Crippen LogP contribution in [0.3, 0.4) is 0 Å². The minimum Gasteiger partial charge on any atom is -0.493 e. The van der Waals surface area contributed by atoms with Crippen LogP contribution in [0.1, 0.15) is 29.8 Å². The van der Waals surface area contributed by atoms with Crippen molar-refractivity contribution >= 4 is 35.5 Å². The third kappa shape index (κ3) is 4.72. The summed E-state index contributed by atoms with van der Waals surface area (Å²) in [5, 5.41) is 1.09. The Morgan fingerprint density at radius 1 is 1.06 bits per heavy atom. The van der Waals surface area contributed by atoms with Crippen molar-refractivity contribution in [1.29, 1.82) is 0 Å². The fraction of sp³-hybridized carbons (Fsp3) is 0.182. The summed E-state index contributed by atoms with van der Waals surface area (Å²) in [5.74, 6) is -1.61. The van der Waals surface area contributed by atoms with Gasteiger partial charge in [-0.05, 0) is 55.0 Å². The van der Waals surface area contributed by atoms with Gasteiger partial charge in [-0.3, -0.25) is 19.8 Å². The summed E-state index contributed by atoms with van der Waals surface area (Å²) in [6.07, 6.45) is 1.41. The number of ether oxygens (including phenoxy) is 3. The van der Waals surface area contributed by atoms with Gasteiger partial charge in [-0.2, -0.15) is 0 Å². The van der Waals surface area contributed by atoms with Crippen LogP contribution in [0.5, 0.6) is 11.5 Å². The topological polar surface area (TPSA) is 111 Å². The average Bonchev–Trinajstić information content (AvgIpc) is 3.03. The molecule has 1 aliphatic rings. The molecule has 2 aromatic carbocycles. The quantitative estimate of drug-likeness (QED) is 0.328. The fourth-order valence-electron chi connectivity index (χ4n) is 2.88. The molecule has 2 aromatic rings. The van der Waals surface area contributed by atoms with Crippen LogP contribution in [0.2, 0.25) is 0 Å². The lowest BCUT2D eigenvalue weighted by molar-refractivity contribution is -0.132. The summed E-state index contributed by atoms with van der Waals surface area (Å²) in [4.78, 5) is 48.1. The second-order valence-electron chi connectivity index (χ2n) is 6.41. The van der Waals surface area contributed by atoms with E-state index in [0.29, 0.717) is 16.8 Å². The number of hydrogen-bond donors (Lipinski definition) is 1. The van der Waals surface area contributed by atoms with Gasteiger partial charge in [-0.1, -0.05) is 6.07 Å². The number of amides is 2. The van der Waals surface area contributed by atoms with Crippen LogP contribution in [0.15, 0.2) is 48.0 Å². The largest absolute Gasteiger partial charge is 0.493 e. The maximum absolute atomic E-state index is 12.8. The van der Waals surface area contributed by atoms with Gasteiger partial charge in [0.15, 0.2) is 11.5 Å². The van der Waals surface area contributed by atoms with Gasteiger partial charge in [-0.25, -0.2) is 9.80 Å². The van der Waals surface area contributed by atoms with E-state index in [-0.39, 0.29) is 23.7 Å². The molecule has 31 heavy (non-hydrogen) atoms. The Hall–Kier alpha value is -4.14. The molecule has 0 spiro atoms. The van der Waals surface area contributed by atoms with Crippen molar-refractivity contribution in [2.75, 3.05) is 18.7 Å². The highest BCUT2D eigenvalue weighted by Gasteiger charge is 2.34. The second kappa shape index (κ2) is 9.12. The van der Waals surface area contributed by atoms with Crippen molar-refractivity contribution in [2.45, 2.75) is 13.8 Å². The molecule has 160 valence electrons. The van der Waals surface area contributed by atoms with Crippen LogP contribution in [0.4, 0.5) is 5.69 Å². The highest BCUT2D eigenvalue weighted by Crippen LogP contribution is 2.30. The summed E-state index contributed by atoms with van der Waals surface area (Å²) in [7, 11) is 1.41. The Kier molecular flexibility index (Phi) is 6.35. The highest BCUT2D eigenvalue weighted by atomic mass is 16.6. The lowest BCUT2D eigenvalue weighted by Gasteiger charge is -2.14. The predicted octanol–water partition coefficient (Wildman–Crippen LogP) is 2.26. The Labute approximate surface area is 178 Å². The zero-order valence-corrected chi connectivity index (χ0v) is 17.1. The number of esters is 2. The SMILES string of the molecule is CCOC(=O)c1ccc(N2NC(=O)C(=Cc3ccc(OC(C)=O)c(OC)c3)C2=O)cc1. The Balaban J connectivity index is 1.84. The number of methoxy groups -OCH3 is 1. The van der Waals surface area contributed by atoms with E-state index in [1.54, 1.807) is 19.1 Å². The third-order valence-corrected chi connectivity index (χ3v) is 4.28. The summed E-state index contributed by atoms with van der Waals surface area (Å²) in [5.41, 5.74) is 3.63. The minimum absolute atomic E-state index is 0.0863. The molecule has 1 saturated heterocycles. The summed E-state index contributed by atoms with van der Waals surface area (Å²) < 4.78 is 15.2. The highest BCUT2D eigenvalue weighted by molar-refractivity contribution is 6.31. The minimum atomic E-state index is -0.581. The summed E-state index contributed by atoms with van der Waals surface area (Å²) >= 11 is 0. The van der Waals surface area contributed by atoms with Crippen LogP contribution >= 0.6 is 0 Å². The van der Waals surface area contributed by atoms with E-state index in [1.165, 1.54) is 50.4 Å². The maximum atomic E-state index is 12.8. The van der Waals surface area contributed by atoms with Crippen molar-refractivity contribution in [2.24, 2.45) is 0 Å². The predicted molar refractivity (Wildman–Crippen MR) is 110 cm³/mol. The second-order valence-corrected chi connectivity index (χ2v) is 6.41. The Bertz CT molecular complexity index is 1070. The number of nitrogens with zero attached hydrogens (tertiary/aromatic N) is 1. The molecule has 2 amide bonds. The summed E-state index contributed by atoms with van der Waals surface area (Å²) in [6.45, 7) is 3.23. The van der Waals surface area contributed by atoms with E-state index in [9.17, 15) is 19.2 Å². The molecule has 0 aromatic heterocycles. The molecule has 9 heteroatoms. The molecule has 1 aliphatic heterocycles. The molecule has 1 N–H and O–H groups in total. The van der Waals surface area contributed by atoms with Gasteiger partial charge < -0.3 is 14.2 Å². The number of nitrogens with one attached hydrogen (secondary N) is 1. The summed E-state index contributed by atoms with van der Waals surface area (Å²) in [6, 6.07) is 10.7. The fourth-order valence-corrected chi connectivity index (χ4v) is 2.88. The molecule has 0 radical (unpaired) electrons. The maximum Gasteiger partial charge on any atom is 0.338 e. The van der Waals surface area contributed by atoms with Crippen LogP contribution < -0.4 is 19.9 Å². The van der Waals surface area contributed by atoms with E-state index < -0.39 is 23.8 Å². The first-order valence-electron chi connectivity index (χ1n) is 9.34. The lowest BCUT2D eigenvalue weighted by Crippen LogP contribution is -2.35. The van der Waals surface area contributed by atoms with E-state index in [1.807, 2.05) is 0 Å². The van der Waals surface area contributed by atoms with Gasteiger partial charge in [0.25, 0.3) is 11.8 Å². The normalized spacial score (nSPS) is 14.4. The standard InChI is InChI=1S/C22H20N2O7/c1-4-30-22(28)15-6-8-16(9-7-15)24-21(27)17(20(26)23-24)11-14-5-10-18(31-13(2)25)19(12-14)29-3/h5-12H,4H2,1-3H3,(H,23,26). The number of anilines is 1. The van der Waals surface area contributed by atoms with Gasteiger partial charge in [0.05, 0.1) is 25.0 Å². The first-order chi connectivity index (χ1) is 14.8. The van der Waals surface area contributed by atoms with Gasteiger partial charge in [0, 0.05) is 6.92 Å². The smallest absolute Gasteiger partial charge is 0.338 e. The lowest BCUT2D eigenvalue weighted by atomic mass is 10.1. The first-order valence-corrected chi connectivity index (χ1v) is 9.34. The molecule has 3 rings (SSSR count). The van der Waals surface area contributed by atoms with E-state index in [0.717, 1.165) is 5.01 Å². The molecular formula is C22H20N2O7. The van der Waals surface area contributed by atoms with Crippen LogP contribution in [-0.4, -0.2) is 37.5 Å². The van der Waals surface area contributed by atoms with Crippen LogP contribution in [0, 0.1) is 0 Å². The number of hydrogen-bond acceptors (Lipinski definition) is 7. The molecule has 1 fully saturated rings. The number of rotatable bonds is 6. The van der Waals surface area contributed by atoms with Gasteiger partial charge in [0.2, 0.25) is 0 Å². The van der Waals surface area contributed by atoms with Crippen molar-refractivity contribution in [3.8, 4) is 11.5 Å². The van der Waals surface area contributed by atoms with Crippen molar-refractivity contribution in [3.63, 3.8) is 0 Å². The van der Waals surface area contributed by atoms with Gasteiger partial charge in [-0.15, -0.1) is 0 Å². The Morgan fingerprint density at radius 3 is 2.39 bits per heavy atom. The molecule has 1 heterocycles. The molecule has 0 aliphatic carbocycles. The van der Waals surface area contributed by atoms with E-state index >= 15 is 0 Å². The van der Waals surface area contributed by atoms with E-state index in [2.05, 4.69) is 5.43 Å². The first kappa shape index (κ1) is 21.6. The molecular weight excluding hydrogens is 404 g/mol.